The van der Waals surface area contributed by atoms with E-state index in [4.69, 9.17) is 13.7 Å². The van der Waals surface area contributed by atoms with Gasteiger partial charge in [-0.2, -0.15) is 0 Å². The number of para-hydroxylation sites is 1. The molecule has 6 heteroatoms. The van der Waals surface area contributed by atoms with Gasteiger partial charge in [-0.25, -0.2) is 0 Å². The Morgan fingerprint density at radius 3 is 2.73 bits per heavy atom. The lowest BCUT2D eigenvalue weighted by molar-refractivity contribution is 0.0905. The number of aromatic nitrogens is 1. The first-order chi connectivity index (χ1) is 10.7. The average Bonchev–Trinajstić information content (AvgIpc) is 3.19. The van der Waals surface area contributed by atoms with Crippen molar-refractivity contribution in [3.05, 3.63) is 66.2 Å². The van der Waals surface area contributed by atoms with Gasteiger partial charge in [-0.3, -0.25) is 4.79 Å². The number of nitrogens with one attached hydrogen (secondary N) is 1. The molecular formula is C16H14N2O4. The minimum Gasteiger partial charge on any atom is -0.426 e. The lowest BCUT2D eigenvalue weighted by atomic mass is 10.2. The molecule has 3 rings (SSSR count). The van der Waals surface area contributed by atoms with Gasteiger partial charge in [0, 0.05) is 12.1 Å². The number of benzene rings is 1. The van der Waals surface area contributed by atoms with E-state index in [0.29, 0.717) is 11.4 Å². The second kappa shape index (κ2) is 6.17. The Labute approximate surface area is 126 Å². The van der Waals surface area contributed by atoms with Gasteiger partial charge in [0.1, 0.15) is 17.7 Å². The van der Waals surface area contributed by atoms with Crippen molar-refractivity contribution in [3.8, 4) is 11.7 Å². The van der Waals surface area contributed by atoms with E-state index in [9.17, 15) is 4.79 Å². The van der Waals surface area contributed by atoms with E-state index in [0.717, 1.165) is 0 Å². The summed E-state index contributed by atoms with van der Waals surface area (Å²) in [7, 11) is 0. The summed E-state index contributed by atoms with van der Waals surface area (Å²) < 4.78 is 15.7. The molecule has 22 heavy (non-hydrogen) atoms. The molecule has 1 atom stereocenters. The number of nitrogens with zero attached hydrogens (tertiary/aromatic N) is 1. The maximum absolute atomic E-state index is 12.1. The van der Waals surface area contributed by atoms with Crippen molar-refractivity contribution in [1.29, 1.82) is 0 Å². The second-order valence-corrected chi connectivity index (χ2v) is 4.65. The van der Waals surface area contributed by atoms with Crippen LogP contribution in [0.2, 0.25) is 0 Å². The zero-order valence-corrected chi connectivity index (χ0v) is 11.9. The summed E-state index contributed by atoms with van der Waals surface area (Å²) in [5.41, 5.74) is 0.640. The van der Waals surface area contributed by atoms with Crippen LogP contribution in [0.1, 0.15) is 29.2 Å². The molecule has 1 N–H and O–H groups in total. The molecule has 0 fully saturated rings. The van der Waals surface area contributed by atoms with E-state index >= 15 is 0 Å². The summed E-state index contributed by atoms with van der Waals surface area (Å²) in [5.74, 6) is 0.713. The molecule has 1 aromatic carbocycles. The van der Waals surface area contributed by atoms with Crippen LogP contribution >= 0.6 is 0 Å². The zero-order chi connectivity index (χ0) is 15.4. The van der Waals surface area contributed by atoms with Crippen LogP contribution in [-0.4, -0.2) is 11.1 Å². The Bertz CT molecular complexity index is 735. The number of hydrogen-bond acceptors (Lipinski definition) is 5. The Morgan fingerprint density at radius 1 is 1.18 bits per heavy atom. The van der Waals surface area contributed by atoms with Crippen LogP contribution in [0.5, 0.6) is 11.7 Å². The molecule has 3 aromatic rings. The normalized spacial score (nSPS) is 11.9. The van der Waals surface area contributed by atoms with Gasteiger partial charge >= 0.3 is 0 Å². The molecule has 112 valence electrons. The molecule has 2 heterocycles. The second-order valence-electron chi connectivity index (χ2n) is 4.65. The molecule has 0 bridgehead atoms. The van der Waals surface area contributed by atoms with Crippen molar-refractivity contribution in [1.82, 2.24) is 10.5 Å². The first-order valence-corrected chi connectivity index (χ1v) is 6.76. The van der Waals surface area contributed by atoms with E-state index in [1.807, 2.05) is 18.2 Å². The summed E-state index contributed by atoms with van der Waals surface area (Å²) in [6.45, 7) is 1.81. The standard InChI is InChI=1S/C16H14N2O4/c1-11(13-9-10-20-18-13)17-16(19)14-7-8-15(22-14)21-12-5-3-2-4-6-12/h2-11H,1H3,(H,17,19)/t11-/m0/s1. The quantitative estimate of drug-likeness (QED) is 0.779. The third-order valence-electron chi connectivity index (χ3n) is 3.02. The number of ether oxygens (including phenoxy) is 1. The molecule has 6 nitrogen and oxygen atoms in total. The van der Waals surface area contributed by atoms with Crippen molar-refractivity contribution in [2.24, 2.45) is 0 Å². The minimum atomic E-state index is -0.349. The van der Waals surface area contributed by atoms with Gasteiger partial charge < -0.3 is 19.0 Å². The number of amides is 1. The van der Waals surface area contributed by atoms with Crippen LogP contribution < -0.4 is 10.1 Å². The predicted octanol–water partition coefficient (Wildman–Crippen LogP) is 3.55. The SMILES string of the molecule is C[C@H](NC(=O)c1ccc(Oc2ccccc2)o1)c1ccon1. The first-order valence-electron chi connectivity index (χ1n) is 6.76. The third kappa shape index (κ3) is 3.17. The summed E-state index contributed by atoms with van der Waals surface area (Å²) in [6, 6.07) is 13.8. The van der Waals surface area contributed by atoms with Gasteiger partial charge in [0.05, 0.1) is 6.04 Å². The van der Waals surface area contributed by atoms with Crippen LogP contribution in [-0.2, 0) is 0 Å². The van der Waals surface area contributed by atoms with Crippen molar-refractivity contribution >= 4 is 5.91 Å². The van der Waals surface area contributed by atoms with Gasteiger partial charge in [-0.1, -0.05) is 23.4 Å². The number of furan rings is 1. The largest absolute Gasteiger partial charge is 0.426 e. The molecule has 0 saturated heterocycles. The molecule has 0 unspecified atom stereocenters. The molecule has 1 amide bonds. The van der Waals surface area contributed by atoms with Crippen LogP contribution in [0.25, 0.3) is 0 Å². The maximum atomic E-state index is 12.1. The van der Waals surface area contributed by atoms with Gasteiger partial charge in [0.25, 0.3) is 11.9 Å². The van der Waals surface area contributed by atoms with Crippen LogP contribution in [0.3, 0.4) is 0 Å². The Balaban J connectivity index is 1.64. The Morgan fingerprint density at radius 2 is 2.00 bits per heavy atom. The molecule has 0 aliphatic heterocycles. The highest BCUT2D eigenvalue weighted by atomic mass is 16.6. The van der Waals surface area contributed by atoms with Gasteiger partial charge in [-0.05, 0) is 25.1 Å². The summed E-state index contributed by atoms with van der Waals surface area (Å²) in [4.78, 5) is 12.1. The predicted molar refractivity (Wildman–Crippen MR) is 77.6 cm³/mol. The first kappa shape index (κ1) is 13.9. The molecule has 0 radical (unpaired) electrons. The fourth-order valence-electron chi connectivity index (χ4n) is 1.89. The van der Waals surface area contributed by atoms with E-state index < -0.39 is 0 Å². The van der Waals surface area contributed by atoms with Gasteiger partial charge in [0.15, 0.2) is 5.76 Å². The highest BCUT2D eigenvalue weighted by Gasteiger charge is 2.17. The lowest BCUT2D eigenvalue weighted by Crippen LogP contribution is -2.26. The summed E-state index contributed by atoms with van der Waals surface area (Å²) in [5, 5.41) is 6.54. The topological polar surface area (TPSA) is 77.5 Å². The summed E-state index contributed by atoms with van der Waals surface area (Å²) in [6.07, 6.45) is 1.46. The Hall–Kier alpha value is -3.02. The van der Waals surface area contributed by atoms with Crippen LogP contribution in [0.4, 0.5) is 0 Å². The number of hydrogen-bond donors (Lipinski definition) is 1. The molecule has 0 aliphatic carbocycles. The van der Waals surface area contributed by atoms with Crippen molar-refractivity contribution in [2.75, 3.05) is 0 Å². The molecular weight excluding hydrogens is 284 g/mol. The molecule has 0 spiro atoms. The number of carbonyl (C=O) groups is 1. The van der Waals surface area contributed by atoms with E-state index in [2.05, 4.69) is 10.5 Å². The fraction of sp³-hybridized carbons (Fsp3) is 0.125. The average molecular weight is 298 g/mol. The fourth-order valence-corrected chi connectivity index (χ4v) is 1.89. The van der Waals surface area contributed by atoms with Crippen LogP contribution in [0.15, 0.2) is 63.7 Å². The monoisotopic (exact) mass is 298 g/mol. The third-order valence-corrected chi connectivity index (χ3v) is 3.02. The molecule has 0 aliphatic rings. The number of carbonyl (C=O) groups excluding carboxylic acids is 1. The van der Waals surface area contributed by atoms with E-state index in [1.165, 1.54) is 6.26 Å². The van der Waals surface area contributed by atoms with Crippen molar-refractivity contribution in [3.63, 3.8) is 0 Å². The zero-order valence-electron chi connectivity index (χ0n) is 11.9. The lowest BCUT2D eigenvalue weighted by Gasteiger charge is -2.09. The van der Waals surface area contributed by atoms with Crippen LogP contribution in [0, 0.1) is 0 Å². The smallest absolute Gasteiger partial charge is 0.290 e. The van der Waals surface area contributed by atoms with E-state index in [1.54, 1.807) is 37.3 Å². The Kier molecular flexibility index (Phi) is 3.91. The van der Waals surface area contributed by atoms with Crippen molar-refractivity contribution < 1.29 is 18.5 Å². The highest BCUT2D eigenvalue weighted by molar-refractivity contribution is 5.91. The highest BCUT2D eigenvalue weighted by Crippen LogP contribution is 2.23. The number of rotatable bonds is 5. The molecule has 2 aromatic heterocycles. The van der Waals surface area contributed by atoms with Gasteiger partial charge in [0.2, 0.25) is 0 Å². The van der Waals surface area contributed by atoms with E-state index in [-0.39, 0.29) is 23.7 Å². The molecule has 0 saturated carbocycles. The van der Waals surface area contributed by atoms with Crippen molar-refractivity contribution in [2.45, 2.75) is 13.0 Å². The van der Waals surface area contributed by atoms with Gasteiger partial charge in [-0.15, -0.1) is 0 Å². The maximum Gasteiger partial charge on any atom is 0.290 e. The summed E-state index contributed by atoms with van der Waals surface area (Å²) >= 11 is 0. The minimum absolute atomic E-state index is 0.168.